The normalized spacial score (nSPS) is 21.3. The van der Waals surface area contributed by atoms with Crippen molar-refractivity contribution in [2.24, 2.45) is 0 Å². The first-order valence-electron chi connectivity index (χ1n) is 6.61. The summed E-state index contributed by atoms with van der Waals surface area (Å²) in [6, 6.07) is 0. The van der Waals surface area contributed by atoms with E-state index in [1.807, 2.05) is 18.9 Å². The van der Waals surface area contributed by atoms with Gasteiger partial charge in [0, 0.05) is 40.2 Å². The number of carbonyl (C=O) groups is 1. The van der Waals surface area contributed by atoms with Crippen LogP contribution in [0.5, 0.6) is 0 Å². The van der Waals surface area contributed by atoms with Gasteiger partial charge in [-0.15, -0.1) is 0 Å². The molecule has 7 heteroatoms. The summed E-state index contributed by atoms with van der Waals surface area (Å²) >= 11 is 5.98. The highest BCUT2D eigenvalue weighted by Crippen LogP contribution is 2.43. The van der Waals surface area contributed by atoms with Gasteiger partial charge in [-0.2, -0.15) is 4.98 Å². The van der Waals surface area contributed by atoms with Gasteiger partial charge in [0.1, 0.15) is 11.2 Å². The molecular formula is C13H17ClN4O2. The molecule has 1 spiro atoms. The molecule has 0 atom stereocenters. The number of aromatic nitrogens is 2. The van der Waals surface area contributed by atoms with E-state index in [0.717, 1.165) is 5.69 Å². The first-order chi connectivity index (χ1) is 9.47. The monoisotopic (exact) mass is 296 g/mol. The fourth-order valence-electron chi connectivity index (χ4n) is 3.16. The molecular weight excluding hydrogens is 280 g/mol. The lowest BCUT2D eigenvalue weighted by atomic mass is 9.84. The Labute approximate surface area is 122 Å². The van der Waals surface area contributed by atoms with Crippen LogP contribution in [0.4, 0.5) is 11.5 Å². The fourth-order valence-corrected chi connectivity index (χ4v) is 3.37. The van der Waals surface area contributed by atoms with Crippen LogP contribution in [0.25, 0.3) is 0 Å². The highest BCUT2D eigenvalue weighted by molar-refractivity contribution is 6.28. The second-order valence-corrected chi connectivity index (χ2v) is 5.66. The van der Waals surface area contributed by atoms with Gasteiger partial charge < -0.3 is 14.5 Å². The average molecular weight is 297 g/mol. The van der Waals surface area contributed by atoms with Gasteiger partial charge >= 0.3 is 0 Å². The molecule has 3 heterocycles. The number of fused-ring (bicyclic) bond motifs is 1. The highest BCUT2D eigenvalue weighted by Gasteiger charge is 2.50. The number of ether oxygens (including phenoxy) is 1. The number of carbonyl (C=O) groups excluding carboxylic acids is 1. The minimum atomic E-state index is -0.579. The van der Waals surface area contributed by atoms with Crippen LogP contribution in [0.1, 0.15) is 18.5 Å². The van der Waals surface area contributed by atoms with Crippen LogP contribution in [0, 0.1) is 6.92 Å². The molecule has 1 fully saturated rings. The SMILES string of the molecule is Cc1nc(Cl)nc2c1N(C)C(=O)C1(CCOCC1)N2C. The van der Waals surface area contributed by atoms with E-state index < -0.39 is 5.54 Å². The molecule has 0 unspecified atom stereocenters. The number of halogens is 1. The summed E-state index contributed by atoms with van der Waals surface area (Å²) < 4.78 is 5.41. The molecule has 1 aromatic heterocycles. The van der Waals surface area contributed by atoms with Crippen LogP contribution >= 0.6 is 11.6 Å². The maximum atomic E-state index is 12.9. The Hall–Kier alpha value is -1.40. The van der Waals surface area contributed by atoms with Crippen molar-refractivity contribution in [1.82, 2.24) is 9.97 Å². The molecule has 1 amide bonds. The van der Waals surface area contributed by atoms with Crippen molar-refractivity contribution < 1.29 is 9.53 Å². The van der Waals surface area contributed by atoms with Gasteiger partial charge in [-0.3, -0.25) is 4.79 Å². The summed E-state index contributed by atoms with van der Waals surface area (Å²) in [5, 5.41) is 0.207. The molecule has 0 aliphatic carbocycles. The maximum Gasteiger partial charge on any atom is 0.252 e. The van der Waals surface area contributed by atoms with E-state index in [0.29, 0.717) is 37.6 Å². The number of hydrogen-bond donors (Lipinski definition) is 0. The van der Waals surface area contributed by atoms with Gasteiger partial charge in [0.05, 0.1) is 5.69 Å². The molecule has 0 bridgehead atoms. The standard InChI is InChI=1S/C13H17ClN4O2/c1-8-9-10(16-12(14)15-8)18(3)13(11(19)17(9)2)4-6-20-7-5-13/h4-7H2,1-3H3. The minimum Gasteiger partial charge on any atom is -0.381 e. The third-order valence-corrected chi connectivity index (χ3v) is 4.50. The Bertz CT molecular complexity index is 572. The van der Waals surface area contributed by atoms with E-state index in [-0.39, 0.29) is 11.2 Å². The largest absolute Gasteiger partial charge is 0.381 e. The second kappa shape index (κ2) is 4.56. The van der Waals surface area contributed by atoms with E-state index in [9.17, 15) is 4.79 Å². The highest BCUT2D eigenvalue weighted by atomic mass is 35.5. The summed E-state index contributed by atoms with van der Waals surface area (Å²) in [6.45, 7) is 3.00. The van der Waals surface area contributed by atoms with E-state index in [4.69, 9.17) is 16.3 Å². The number of aryl methyl sites for hydroxylation is 1. The predicted octanol–water partition coefficient (Wildman–Crippen LogP) is 1.40. The molecule has 20 heavy (non-hydrogen) atoms. The number of hydrogen-bond acceptors (Lipinski definition) is 5. The fraction of sp³-hybridized carbons (Fsp3) is 0.615. The van der Waals surface area contributed by atoms with Crippen molar-refractivity contribution >= 4 is 29.0 Å². The summed E-state index contributed by atoms with van der Waals surface area (Å²) in [6.07, 6.45) is 1.32. The van der Waals surface area contributed by atoms with Crippen molar-refractivity contribution in [2.75, 3.05) is 37.1 Å². The third-order valence-electron chi connectivity index (χ3n) is 4.33. The Balaban J connectivity index is 2.18. The lowest BCUT2D eigenvalue weighted by Crippen LogP contribution is -2.64. The molecule has 1 saturated heterocycles. The second-order valence-electron chi connectivity index (χ2n) is 5.32. The predicted molar refractivity (Wildman–Crippen MR) is 76.4 cm³/mol. The van der Waals surface area contributed by atoms with Crippen molar-refractivity contribution in [2.45, 2.75) is 25.3 Å². The first-order valence-corrected chi connectivity index (χ1v) is 6.99. The topological polar surface area (TPSA) is 58.6 Å². The molecule has 6 nitrogen and oxygen atoms in total. The van der Waals surface area contributed by atoms with Crippen LogP contribution in [0.2, 0.25) is 5.28 Å². The van der Waals surface area contributed by atoms with Crippen molar-refractivity contribution in [3.8, 4) is 0 Å². The van der Waals surface area contributed by atoms with Gasteiger partial charge in [0.15, 0.2) is 5.82 Å². The number of anilines is 2. The molecule has 0 aromatic carbocycles. The number of nitrogens with zero attached hydrogens (tertiary/aromatic N) is 4. The maximum absolute atomic E-state index is 12.9. The zero-order valence-corrected chi connectivity index (χ0v) is 12.6. The molecule has 0 N–H and O–H groups in total. The molecule has 3 rings (SSSR count). The van der Waals surface area contributed by atoms with Crippen LogP contribution in [0.15, 0.2) is 0 Å². The van der Waals surface area contributed by atoms with Crippen LogP contribution < -0.4 is 9.80 Å². The minimum absolute atomic E-state index is 0.0739. The van der Waals surface area contributed by atoms with Gasteiger partial charge in [0.25, 0.3) is 5.91 Å². The molecule has 2 aliphatic heterocycles. The Morgan fingerprint density at radius 3 is 2.55 bits per heavy atom. The van der Waals surface area contributed by atoms with E-state index >= 15 is 0 Å². The van der Waals surface area contributed by atoms with Crippen LogP contribution in [-0.2, 0) is 9.53 Å². The van der Waals surface area contributed by atoms with Gasteiger partial charge in [0.2, 0.25) is 5.28 Å². The number of rotatable bonds is 0. The summed E-state index contributed by atoms with van der Waals surface area (Å²) in [5.74, 6) is 0.788. The summed E-state index contributed by atoms with van der Waals surface area (Å²) in [7, 11) is 3.67. The quantitative estimate of drug-likeness (QED) is 0.677. The molecule has 0 radical (unpaired) electrons. The number of amides is 1. The van der Waals surface area contributed by atoms with Gasteiger partial charge in [-0.05, 0) is 18.5 Å². The molecule has 0 saturated carbocycles. The lowest BCUT2D eigenvalue weighted by molar-refractivity contribution is -0.127. The molecule has 108 valence electrons. The third kappa shape index (κ3) is 1.71. The van der Waals surface area contributed by atoms with Crippen molar-refractivity contribution in [3.63, 3.8) is 0 Å². The van der Waals surface area contributed by atoms with Crippen LogP contribution in [0.3, 0.4) is 0 Å². The van der Waals surface area contributed by atoms with Gasteiger partial charge in [-0.1, -0.05) is 0 Å². The number of likely N-dealkylation sites (N-methyl/N-ethyl adjacent to an activating group) is 2. The smallest absolute Gasteiger partial charge is 0.252 e. The van der Waals surface area contributed by atoms with E-state index in [1.54, 1.807) is 11.9 Å². The Kier molecular flexibility index (Phi) is 3.10. The van der Waals surface area contributed by atoms with Crippen LogP contribution in [-0.4, -0.2) is 48.7 Å². The molecule has 1 aromatic rings. The molecule has 2 aliphatic rings. The van der Waals surface area contributed by atoms with Crippen molar-refractivity contribution in [1.29, 1.82) is 0 Å². The first kappa shape index (κ1) is 13.6. The van der Waals surface area contributed by atoms with E-state index in [1.165, 1.54) is 0 Å². The van der Waals surface area contributed by atoms with Gasteiger partial charge in [-0.25, -0.2) is 4.98 Å². The zero-order chi connectivity index (χ0) is 14.5. The van der Waals surface area contributed by atoms with Crippen molar-refractivity contribution in [3.05, 3.63) is 11.0 Å². The lowest BCUT2D eigenvalue weighted by Gasteiger charge is -2.49. The summed E-state index contributed by atoms with van der Waals surface area (Å²) in [4.78, 5) is 24.9. The Morgan fingerprint density at radius 2 is 1.90 bits per heavy atom. The van der Waals surface area contributed by atoms with E-state index in [2.05, 4.69) is 9.97 Å². The summed E-state index contributed by atoms with van der Waals surface area (Å²) in [5.41, 5.74) is 0.869. The Morgan fingerprint density at radius 1 is 1.25 bits per heavy atom. The zero-order valence-electron chi connectivity index (χ0n) is 11.8. The average Bonchev–Trinajstić information content (AvgIpc) is 2.43.